The first-order chi connectivity index (χ1) is 7.38. The van der Waals surface area contributed by atoms with Gasteiger partial charge < -0.3 is 9.47 Å². The maximum absolute atomic E-state index is 5.55. The van der Waals surface area contributed by atoms with Crippen LogP contribution in [0.1, 0.15) is 19.3 Å². The lowest BCUT2D eigenvalue weighted by atomic mass is 10.4. The molecule has 1 aliphatic carbocycles. The van der Waals surface area contributed by atoms with Gasteiger partial charge in [-0.2, -0.15) is 0 Å². The van der Waals surface area contributed by atoms with Gasteiger partial charge in [-0.3, -0.25) is 4.90 Å². The normalized spacial score (nSPS) is 16.2. The van der Waals surface area contributed by atoms with Crippen molar-refractivity contribution in [1.82, 2.24) is 4.90 Å². The van der Waals surface area contributed by atoms with Crippen molar-refractivity contribution in [3.8, 4) is 0 Å². The van der Waals surface area contributed by atoms with E-state index in [-0.39, 0.29) is 0 Å². The number of hydrogen-bond acceptors (Lipinski definition) is 3. The Balaban J connectivity index is 1.92. The first-order valence-corrected chi connectivity index (χ1v) is 6.87. The summed E-state index contributed by atoms with van der Waals surface area (Å²) in [6.45, 7) is 4.69. The number of alkyl halides is 1. The highest BCUT2D eigenvalue weighted by molar-refractivity contribution is 9.09. The summed E-state index contributed by atoms with van der Waals surface area (Å²) < 4.78 is 10.5. The van der Waals surface area contributed by atoms with Crippen LogP contribution in [0.2, 0.25) is 0 Å². The van der Waals surface area contributed by atoms with E-state index in [0.717, 1.165) is 50.7 Å². The molecule has 0 aliphatic heterocycles. The fourth-order valence-corrected chi connectivity index (χ4v) is 2.07. The predicted molar refractivity (Wildman–Crippen MR) is 65.7 cm³/mol. The van der Waals surface area contributed by atoms with Crippen molar-refractivity contribution in [2.24, 2.45) is 0 Å². The minimum Gasteiger partial charge on any atom is -0.385 e. The van der Waals surface area contributed by atoms with Gasteiger partial charge in [0.15, 0.2) is 0 Å². The zero-order valence-electron chi connectivity index (χ0n) is 9.58. The van der Waals surface area contributed by atoms with Crippen molar-refractivity contribution < 1.29 is 9.47 Å². The second-order valence-corrected chi connectivity index (χ2v) is 4.71. The van der Waals surface area contributed by atoms with Gasteiger partial charge in [0, 0.05) is 44.8 Å². The fourth-order valence-electron chi connectivity index (χ4n) is 1.61. The minimum atomic E-state index is 0.799. The fraction of sp³-hybridized carbons (Fsp3) is 1.00. The smallest absolute Gasteiger partial charge is 0.0593 e. The third kappa shape index (κ3) is 6.51. The highest BCUT2D eigenvalue weighted by Crippen LogP contribution is 2.26. The van der Waals surface area contributed by atoms with E-state index in [2.05, 4.69) is 20.8 Å². The molecule has 1 aliphatic rings. The van der Waals surface area contributed by atoms with Crippen LogP contribution < -0.4 is 0 Å². The second kappa shape index (κ2) is 8.50. The predicted octanol–water partition coefficient (Wildman–Crippen LogP) is 1.90. The van der Waals surface area contributed by atoms with Crippen LogP contribution in [0.15, 0.2) is 0 Å². The van der Waals surface area contributed by atoms with E-state index in [9.17, 15) is 0 Å². The molecule has 0 saturated heterocycles. The Morgan fingerprint density at radius 3 is 2.60 bits per heavy atom. The van der Waals surface area contributed by atoms with Crippen LogP contribution in [-0.2, 0) is 9.47 Å². The van der Waals surface area contributed by atoms with Crippen LogP contribution in [0, 0.1) is 0 Å². The first kappa shape index (κ1) is 13.4. The topological polar surface area (TPSA) is 21.7 Å². The number of halogens is 1. The first-order valence-electron chi connectivity index (χ1n) is 5.75. The van der Waals surface area contributed by atoms with E-state index in [1.807, 2.05) is 0 Å². The molecule has 0 radical (unpaired) electrons. The van der Waals surface area contributed by atoms with Gasteiger partial charge in [-0.05, 0) is 19.3 Å². The molecule has 0 amide bonds. The van der Waals surface area contributed by atoms with Crippen molar-refractivity contribution in [2.45, 2.75) is 25.3 Å². The van der Waals surface area contributed by atoms with Crippen LogP contribution in [0.4, 0.5) is 0 Å². The molecule has 0 aromatic rings. The van der Waals surface area contributed by atoms with E-state index in [1.165, 1.54) is 12.8 Å². The second-order valence-electron chi connectivity index (χ2n) is 3.91. The average Bonchev–Trinajstić information content (AvgIpc) is 3.05. The van der Waals surface area contributed by atoms with E-state index >= 15 is 0 Å². The molecule has 0 aromatic carbocycles. The monoisotopic (exact) mass is 279 g/mol. The van der Waals surface area contributed by atoms with Crippen LogP contribution >= 0.6 is 15.9 Å². The molecule has 0 bridgehead atoms. The quantitative estimate of drug-likeness (QED) is 0.450. The van der Waals surface area contributed by atoms with Crippen molar-refractivity contribution >= 4 is 15.9 Å². The van der Waals surface area contributed by atoms with Crippen molar-refractivity contribution in [2.75, 3.05) is 45.4 Å². The molecule has 0 spiro atoms. The van der Waals surface area contributed by atoms with E-state index in [1.54, 1.807) is 7.11 Å². The van der Waals surface area contributed by atoms with Gasteiger partial charge in [0.2, 0.25) is 0 Å². The molecule has 0 unspecified atom stereocenters. The van der Waals surface area contributed by atoms with Crippen molar-refractivity contribution in [3.05, 3.63) is 0 Å². The van der Waals surface area contributed by atoms with E-state index in [4.69, 9.17) is 9.47 Å². The summed E-state index contributed by atoms with van der Waals surface area (Å²) in [6, 6.07) is 0.838. The molecule has 1 rings (SSSR count). The molecule has 1 fully saturated rings. The summed E-state index contributed by atoms with van der Waals surface area (Å²) in [4.78, 5) is 2.52. The zero-order valence-corrected chi connectivity index (χ0v) is 11.2. The molecule has 90 valence electrons. The number of rotatable bonds is 10. The number of ether oxygens (including phenoxy) is 2. The third-order valence-electron chi connectivity index (χ3n) is 2.59. The Labute approximate surface area is 101 Å². The van der Waals surface area contributed by atoms with Crippen LogP contribution in [0.3, 0.4) is 0 Å². The molecule has 3 nitrogen and oxygen atoms in total. The van der Waals surface area contributed by atoms with Gasteiger partial charge in [0.05, 0.1) is 6.61 Å². The average molecular weight is 280 g/mol. The SMILES string of the molecule is COCCCOCCN(CCBr)C1CC1. The summed E-state index contributed by atoms with van der Waals surface area (Å²) in [5.74, 6) is 0. The highest BCUT2D eigenvalue weighted by atomic mass is 79.9. The maximum Gasteiger partial charge on any atom is 0.0593 e. The van der Waals surface area contributed by atoms with Gasteiger partial charge in [-0.25, -0.2) is 0 Å². The lowest BCUT2D eigenvalue weighted by molar-refractivity contribution is 0.0834. The Morgan fingerprint density at radius 2 is 2.00 bits per heavy atom. The van der Waals surface area contributed by atoms with Crippen molar-refractivity contribution in [3.63, 3.8) is 0 Å². The molecule has 0 N–H and O–H groups in total. The van der Waals surface area contributed by atoms with E-state index in [0.29, 0.717) is 0 Å². The largest absolute Gasteiger partial charge is 0.385 e. The van der Waals surface area contributed by atoms with Crippen LogP contribution in [0.5, 0.6) is 0 Å². The Bertz CT molecular complexity index is 154. The maximum atomic E-state index is 5.55. The third-order valence-corrected chi connectivity index (χ3v) is 2.95. The molecule has 0 heterocycles. The number of hydrogen-bond donors (Lipinski definition) is 0. The summed E-state index contributed by atoms with van der Waals surface area (Å²) >= 11 is 3.49. The number of nitrogens with zero attached hydrogens (tertiary/aromatic N) is 1. The lowest BCUT2D eigenvalue weighted by Gasteiger charge is -2.20. The van der Waals surface area contributed by atoms with Crippen LogP contribution in [-0.4, -0.2) is 56.3 Å². The van der Waals surface area contributed by atoms with Crippen LogP contribution in [0.25, 0.3) is 0 Å². The summed E-state index contributed by atoms with van der Waals surface area (Å²) in [5, 5.41) is 1.06. The molecular weight excluding hydrogens is 258 g/mol. The summed E-state index contributed by atoms with van der Waals surface area (Å²) in [7, 11) is 1.73. The Kier molecular flexibility index (Phi) is 7.61. The van der Waals surface area contributed by atoms with E-state index < -0.39 is 0 Å². The lowest BCUT2D eigenvalue weighted by Crippen LogP contribution is -2.31. The molecule has 15 heavy (non-hydrogen) atoms. The standard InChI is InChI=1S/C11H22BrNO2/c1-14-8-2-9-15-10-7-13(6-5-12)11-3-4-11/h11H,2-10H2,1H3. The molecule has 1 saturated carbocycles. The molecule has 4 heteroatoms. The summed E-state index contributed by atoms with van der Waals surface area (Å²) in [5.41, 5.74) is 0. The zero-order chi connectivity index (χ0) is 10.9. The molecule has 0 aromatic heterocycles. The van der Waals surface area contributed by atoms with Gasteiger partial charge in [-0.1, -0.05) is 15.9 Å². The summed E-state index contributed by atoms with van der Waals surface area (Å²) in [6.07, 6.45) is 3.74. The van der Waals surface area contributed by atoms with Gasteiger partial charge >= 0.3 is 0 Å². The Hall–Kier alpha value is 0.360. The van der Waals surface area contributed by atoms with Gasteiger partial charge in [0.1, 0.15) is 0 Å². The molecular formula is C11H22BrNO2. The van der Waals surface area contributed by atoms with Crippen molar-refractivity contribution in [1.29, 1.82) is 0 Å². The van der Waals surface area contributed by atoms with Gasteiger partial charge in [-0.15, -0.1) is 0 Å². The minimum absolute atomic E-state index is 0.799. The number of methoxy groups -OCH3 is 1. The molecule has 0 atom stereocenters. The Morgan fingerprint density at radius 1 is 1.20 bits per heavy atom. The highest BCUT2D eigenvalue weighted by Gasteiger charge is 2.27. The van der Waals surface area contributed by atoms with Gasteiger partial charge in [0.25, 0.3) is 0 Å².